The summed E-state index contributed by atoms with van der Waals surface area (Å²) in [5.41, 5.74) is 2.74. The maximum absolute atomic E-state index is 8.95. The van der Waals surface area contributed by atoms with Gasteiger partial charge >= 0.3 is 0 Å². The molecule has 1 aliphatic rings. The molecule has 2 heteroatoms. The lowest BCUT2D eigenvalue weighted by molar-refractivity contribution is 0.316. The summed E-state index contributed by atoms with van der Waals surface area (Å²) in [6, 6.07) is 11.2. The van der Waals surface area contributed by atoms with Gasteiger partial charge in [0, 0.05) is 19.0 Å². The third-order valence-corrected chi connectivity index (χ3v) is 4.06. The first-order valence-electron chi connectivity index (χ1n) is 6.86. The highest BCUT2D eigenvalue weighted by atomic mass is 15.1. The van der Waals surface area contributed by atoms with Crippen LogP contribution >= 0.6 is 0 Å². The van der Waals surface area contributed by atoms with Gasteiger partial charge in [-0.2, -0.15) is 5.26 Å². The number of nitrogens with zero attached hydrogens (tertiary/aromatic N) is 2. The lowest BCUT2D eigenvalue weighted by Crippen LogP contribution is -2.24. The second-order valence-electron chi connectivity index (χ2n) is 5.50. The number of aryl methyl sites for hydroxylation is 1. The van der Waals surface area contributed by atoms with Crippen molar-refractivity contribution in [3.05, 3.63) is 35.4 Å². The monoisotopic (exact) mass is 242 g/mol. The van der Waals surface area contributed by atoms with E-state index in [0.717, 1.165) is 26.1 Å². The molecule has 0 saturated carbocycles. The van der Waals surface area contributed by atoms with Crippen molar-refractivity contribution in [1.29, 1.82) is 5.26 Å². The number of nitriles is 1. The van der Waals surface area contributed by atoms with Crippen molar-refractivity contribution in [3.63, 3.8) is 0 Å². The largest absolute Gasteiger partial charge is 0.303 e. The van der Waals surface area contributed by atoms with E-state index in [-0.39, 0.29) is 5.92 Å². The molecule has 96 valence electrons. The number of hydrogen-bond donors (Lipinski definition) is 0. The van der Waals surface area contributed by atoms with Crippen LogP contribution in [0.15, 0.2) is 24.3 Å². The first-order valence-corrected chi connectivity index (χ1v) is 6.86. The Balaban J connectivity index is 1.79. The summed E-state index contributed by atoms with van der Waals surface area (Å²) < 4.78 is 0. The SMILES string of the molecule is Cc1ccc(CCN2CCC(C(C)C#N)C2)cc1. The Morgan fingerprint density at radius 1 is 1.39 bits per heavy atom. The van der Waals surface area contributed by atoms with E-state index >= 15 is 0 Å². The number of rotatable bonds is 4. The van der Waals surface area contributed by atoms with E-state index < -0.39 is 0 Å². The van der Waals surface area contributed by atoms with Gasteiger partial charge in [0.05, 0.1) is 6.07 Å². The molecule has 18 heavy (non-hydrogen) atoms. The highest BCUT2D eigenvalue weighted by molar-refractivity contribution is 5.21. The van der Waals surface area contributed by atoms with Crippen molar-refractivity contribution in [2.45, 2.75) is 26.7 Å². The highest BCUT2D eigenvalue weighted by Crippen LogP contribution is 2.23. The minimum Gasteiger partial charge on any atom is -0.303 e. The topological polar surface area (TPSA) is 27.0 Å². The average molecular weight is 242 g/mol. The molecule has 0 aromatic heterocycles. The van der Waals surface area contributed by atoms with E-state index in [1.54, 1.807) is 0 Å². The zero-order valence-electron chi connectivity index (χ0n) is 11.4. The van der Waals surface area contributed by atoms with Crippen LogP contribution in [0, 0.1) is 30.1 Å². The van der Waals surface area contributed by atoms with Gasteiger partial charge in [0.25, 0.3) is 0 Å². The van der Waals surface area contributed by atoms with Gasteiger partial charge < -0.3 is 4.90 Å². The molecule has 2 atom stereocenters. The Kier molecular flexibility index (Phi) is 4.38. The first kappa shape index (κ1) is 13.1. The van der Waals surface area contributed by atoms with Gasteiger partial charge in [-0.1, -0.05) is 29.8 Å². The molecule has 0 amide bonds. The van der Waals surface area contributed by atoms with Crippen LogP contribution in [0.5, 0.6) is 0 Å². The van der Waals surface area contributed by atoms with Crippen molar-refractivity contribution < 1.29 is 0 Å². The summed E-state index contributed by atoms with van der Waals surface area (Å²) in [5.74, 6) is 0.780. The molecule has 1 fully saturated rings. The molecule has 1 aromatic carbocycles. The molecule has 2 unspecified atom stereocenters. The molecule has 1 aromatic rings. The molecule has 1 aliphatic heterocycles. The fourth-order valence-corrected chi connectivity index (χ4v) is 2.62. The van der Waals surface area contributed by atoms with Gasteiger partial charge in [0.15, 0.2) is 0 Å². The smallest absolute Gasteiger partial charge is 0.0656 e. The standard InChI is InChI=1S/C16H22N2/c1-13-3-5-15(6-4-13)7-9-18-10-8-16(12-18)14(2)11-17/h3-6,14,16H,7-10,12H2,1-2H3. The molecule has 0 bridgehead atoms. The van der Waals surface area contributed by atoms with Crippen molar-refractivity contribution in [2.24, 2.45) is 11.8 Å². The summed E-state index contributed by atoms with van der Waals surface area (Å²) in [4.78, 5) is 2.50. The van der Waals surface area contributed by atoms with E-state index in [0.29, 0.717) is 5.92 Å². The van der Waals surface area contributed by atoms with E-state index in [2.05, 4.69) is 42.2 Å². The maximum Gasteiger partial charge on any atom is 0.0656 e. The summed E-state index contributed by atoms with van der Waals surface area (Å²) in [7, 11) is 0. The third kappa shape index (κ3) is 3.34. The Hall–Kier alpha value is -1.33. The zero-order chi connectivity index (χ0) is 13.0. The summed E-state index contributed by atoms with van der Waals surface area (Å²) >= 11 is 0. The average Bonchev–Trinajstić information content (AvgIpc) is 2.86. The van der Waals surface area contributed by atoms with Crippen LogP contribution in [0.4, 0.5) is 0 Å². The molecule has 0 N–H and O–H groups in total. The van der Waals surface area contributed by atoms with Crippen molar-refractivity contribution in [3.8, 4) is 6.07 Å². The fraction of sp³-hybridized carbons (Fsp3) is 0.562. The number of hydrogen-bond acceptors (Lipinski definition) is 2. The first-order chi connectivity index (χ1) is 8.69. The van der Waals surface area contributed by atoms with Crippen LogP contribution in [0.25, 0.3) is 0 Å². The third-order valence-electron chi connectivity index (χ3n) is 4.06. The second-order valence-corrected chi connectivity index (χ2v) is 5.50. The van der Waals surface area contributed by atoms with Crippen LogP contribution in [0.3, 0.4) is 0 Å². The Labute approximate surface area is 110 Å². The summed E-state index contributed by atoms with van der Waals surface area (Å²) in [5, 5.41) is 8.95. The van der Waals surface area contributed by atoms with Gasteiger partial charge in [-0.3, -0.25) is 0 Å². The van der Waals surface area contributed by atoms with E-state index in [4.69, 9.17) is 5.26 Å². The highest BCUT2D eigenvalue weighted by Gasteiger charge is 2.26. The van der Waals surface area contributed by atoms with E-state index in [1.807, 2.05) is 6.92 Å². The normalized spacial score (nSPS) is 21.7. The molecule has 0 aliphatic carbocycles. The Morgan fingerprint density at radius 3 is 2.78 bits per heavy atom. The fourth-order valence-electron chi connectivity index (χ4n) is 2.62. The van der Waals surface area contributed by atoms with Gasteiger partial charge in [-0.15, -0.1) is 0 Å². The van der Waals surface area contributed by atoms with E-state index in [9.17, 15) is 0 Å². The predicted molar refractivity (Wildman–Crippen MR) is 74.2 cm³/mol. The molecule has 2 rings (SSSR count). The van der Waals surface area contributed by atoms with Crippen molar-refractivity contribution in [2.75, 3.05) is 19.6 Å². The maximum atomic E-state index is 8.95. The van der Waals surface area contributed by atoms with Crippen molar-refractivity contribution >= 4 is 0 Å². The van der Waals surface area contributed by atoms with Crippen LogP contribution in [-0.4, -0.2) is 24.5 Å². The van der Waals surface area contributed by atoms with Crippen LogP contribution in [0.1, 0.15) is 24.5 Å². The minimum absolute atomic E-state index is 0.203. The van der Waals surface area contributed by atoms with Crippen LogP contribution in [0.2, 0.25) is 0 Å². The van der Waals surface area contributed by atoms with Gasteiger partial charge in [0.1, 0.15) is 0 Å². The number of likely N-dealkylation sites (tertiary alicyclic amines) is 1. The van der Waals surface area contributed by atoms with Gasteiger partial charge in [-0.05, 0) is 44.7 Å². The molecule has 2 nitrogen and oxygen atoms in total. The van der Waals surface area contributed by atoms with Gasteiger partial charge in [-0.25, -0.2) is 0 Å². The lowest BCUT2D eigenvalue weighted by Gasteiger charge is -2.16. The molecule has 0 radical (unpaired) electrons. The summed E-state index contributed by atoms with van der Waals surface area (Å²) in [6.07, 6.45) is 2.30. The predicted octanol–water partition coefficient (Wildman–Crippen LogP) is 3.02. The molecule has 0 spiro atoms. The summed E-state index contributed by atoms with van der Waals surface area (Å²) in [6.45, 7) is 7.55. The number of benzene rings is 1. The van der Waals surface area contributed by atoms with E-state index in [1.165, 1.54) is 17.5 Å². The lowest BCUT2D eigenvalue weighted by atomic mass is 9.95. The Bertz CT molecular complexity index is 416. The quantitative estimate of drug-likeness (QED) is 0.811. The van der Waals surface area contributed by atoms with Crippen LogP contribution < -0.4 is 0 Å². The van der Waals surface area contributed by atoms with Gasteiger partial charge in [0.2, 0.25) is 0 Å². The molecule has 1 saturated heterocycles. The Morgan fingerprint density at radius 2 is 2.11 bits per heavy atom. The van der Waals surface area contributed by atoms with Crippen LogP contribution in [-0.2, 0) is 6.42 Å². The zero-order valence-corrected chi connectivity index (χ0v) is 11.4. The second kappa shape index (κ2) is 6.02. The minimum atomic E-state index is 0.203. The molecular formula is C16H22N2. The molecular weight excluding hydrogens is 220 g/mol. The van der Waals surface area contributed by atoms with Crippen molar-refractivity contribution in [1.82, 2.24) is 4.90 Å². The molecule has 1 heterocycles.